The number of nitrogens with one attached hydrogen (secondary N) is 1. The van der Waals surface area contributed by atoms with E-state index in [9.17, 15) is 8.42 Å². The highest BCUT2D eigenvalue weighted by molar-refractivity contribution is 7.94. The van der Waals surface area contributed by atoms with Crippen LogP contribution in [0.2, 0.25) is 0 Å². The number of fused-ring (bicyclic) bond motifs is 1. The van der Waals surface area contributed by atoms with E-state index in [0.29, 0.717) is 16.3 Å². The molecular weight excluding hydrogens is 210 g/mol. The summed E-state index contributed by atoms with van der Waals surface area (Å²) in [5, 5.41) is 4.24. The molecule has 15 heavy (non-hydrogen) atoms. The lowest BCUT2D eigenvalue weighted by molar-refractivity contribution is 0.604. The van der Waals surface area contributed by atoms with E-state index in [-0.39, 0.29) is 0 Å². The third kappa shape index (κ3) is 2.39. The van der Waals surface area contributed by atoms with Gasteiger partial charge in [-0.3, -0.25) is 0 Å². The van der Waals surface area contributed by atoms with Gasteiger partial charge in [-0.2, -0.15) is 0 Å². The molecule has 0 saturated carbocycles. The van der Waals surface area contributed by atoms with Gasteiger partial charge in [-0.05, 0) is 19.1 Å². The van der Waals surface area contributed by atoms with Gasteiger partial charge in [-0.15, -0.1) is 0 Å². The van der Waals surface area contributed by atoms with Crippen LogP contribution >= 0.6 is 0 Å². The zero-order valence-corrected chi connectivity index (χ0v) is 9.93. The molecular formula is C11H15NO2S. The molecule has 2 rings (SSSR count). The number of rotatable bonds is 0. The zero-order chi connectivity index (χ0) is 11.5. The minimum absolute atomic E-state index is 0.348. The van der Waals surface area contributed by atoms with Gasteiger partial charge in [0.15, 0.2) is 0 Å². The fraction of sp³-hybridized carbons (Fsp3) is 0.273. The van der Waals surface area contributed by atoms with Gasteiger partial charge in [-0.1, -0.05) is 26.0 Å². The number of allylic oxidation sites excluding steroid dienone is 1. The molecule has 0 bridgehead atoms. The van der Waals surface area contributed by atoms with Crippen LogP contribution in [-0.4, -0.2) is 8.42 Å². The van der Waals surface area contributed by atoms with E-state index < -0.39 is 9.84 Å². The molecule has 0 aliphatic carbocycles. The summed E-state index contributed by atoms with van der Waals surface area (Å²) in [6.45, 7) is 5.73. The standard InChI is InChI=1S/C9H9NO2S.C2H6/c1-7-6-13(11,12)9-5-3-2-4-8(9)10-7;1-2/h2-6,10H,1H3;1-2H3. The van der Waals surface area contributed by atoms with Gasteiger partial charge in [0.25, 0.3) is 0 Å². The SMILES string of the molecule is CC.CC1=CS(=O)(=O)c2ccccc2N1. The van der Waals surface area contributed by atoms with Crippen LogP contribution in [0.1, 0.15) is 20.8 Å². The molecule has 1 aliphatic rings. The third-order valence-electron chi connectivity index (χ3n) is 1.86. The van der Waals surface area contributed by atoms with E-state index in [4.69, 9.17) is 0 Å². The molecule has 0 aromatic heterocycles. The largest absolute Gasteiger partial charge is 0.357 e. The number of para-hydroxylation sites is 1. The Morgan fingerprint density at radius 2 is 1.73 bits per heavy atom. The van der Waals surface area contributed by atoms with Gasteiger partial charge in [-0.25, -0.2) is 8.42 Å². The van der Waals surface area contributed by atoms with Crippen molar-refractivity contribution in [1.82, 2.24) is 0 Å². The van der Waals surface area contributed by atoms with Gasteiger partial charge < -0.3 is 5.32 Å². The maximum absolute atomic E-state index is 11.6. The lowest BCUT2D eigenvalue weighted by atomic mass is 10.3. The highest BCUT2D eigenvalue weighted by Crippen LogP contribution is 2.28. The summed E-state index contributed by atoms with van der Waals surface area (Å²) in [4.78, 5) is 0.348. The molecule has 0 unspecified atom stereocenters. The van der Waals surface area contributed by atoms with Crippen LogP contribution in [0, 0.1) is 0 Å². The van der Waals surface area contributed by atoms with Crippen molar-refractivity contribution in [2.24, 2.45) is 0 Å². The van der Waals surface area contributed by atoms with Crippen LogP contribution in [0.25, 0.3) is 0 Å². The predicted molar refractivity (Wildman–Crippen MR) is 62.4 cm³/mol. The Bertz CT molecular complexity index is 475. The van der Waals surface area contributed by atoms with Crippen molar-refractivity contribution in [3.63, 3.8) is 0 Å². The molecule has 0 amide bonds. The number of hydrogen-bond donors (Lipinski definition) is 1. The lowest BCUT2D eigenvalue weighted by Gasteiger charge is -2.16. The van der Waals surface area contributed by atoms with Crippen molar-refractivity contribution in [2.45, 2.75) is 25.7 Å². The third-order valence-corrected chi connectivity index (χ3v) is 3.49. The van der Waals surface area contributed by atoms with Crippen molar-refractivity contribution in [1.29, 1.82) is 0 Å². The van der Waals surface area contributed by atoms with Crippen molar-refractivity contribution in [3.8, 4) is 0 Å². The maximum atomic E-state index is 11.6. The molecule has 4 heteroatoms. The molecule has 1 heterocycles. The molecule has 82 valence electrons. The number of benzene rings is 1. The summed E-state index contributed by atoms with van der Waals surface area (Å²) in [7, 11) is -3.22. The van der Waals surface area contributed by atoms with Gasteiger partial charge in [0.05, 0.1) is 16.0 Å². The topological polar surface area (TPSA) is 46.2 Å². The Labute approximate surface area is 90.7 Å². The van der Waals surface area contributed by atoms with Crippen molar-refractivity contribution in [3.05, 3.63) is 35.4 Å². The van der Waals surface area contributed by atoms with Crippen LogP contribution in [-0.2, 0) is 9.84 Å². The summed E-state index contributed by atoms with van der Waals surface area (Å²) in [6, 6.07) is 6.87. The molecule has 0 spiro atoms. The normalized spacial score (nSPS) is 16.3. The van der Waals surface area contributed by atoms with Gasteiger partial charge in [0.2, 0.25) is 9.84 Å². The Morgan fingerprint density at radius 3 is 2.40 bits per heavy atom. The lowest BCUT2D eigenvalue weighted by Crippen LogP contribution is -2.11. The average Bonchev–Trinajstić information content (AvgIpc) is 2.19. The minimum Gasteiger partial charge on any atom is -0.357 e. The molecule has 1 aliphatic heterocycles. The van der Waals surface area contributed by atoms with Crippen LogP contribution in [0.15, 0.2) is 40.3 Å². The second-order valence-electron chi connectivity index (χ2n) is 2.97. The monoisotopic (exact) mass is 225 g/mol. The summed E-state index contributed by atoms with van der Waals surface area (Å²) in [5.41, 5.74) is 1.31. The van der Waals surface area contributed by atoms with Crippen LogP contribution in [0.4, 0.5) is 5.69 Å². The fourth-order valence-corrected chi connectivity index (χ4v) is 2.70. The molecule has 0 radical (unpaired) electrons. The van der Waals surface area contributed by atoms with Crippen LogP contribution in [0.5, 0.6) is 0 Å². The smallest absolute Gasteiger partial charge is 0.203 e. The molecule has 1 aromatic rings. The highest BCUT2D eigenvalue weighted by atomic mass is 32.2. The summed E-state index contributed by atoms with van der Waals surface area (Å²) in [6.07, 6.45) is 0. The zero-order valence-electron chi connectivity index (χ0n) is 9.11. The fourth-order valence-electron chi connectivity index (χ4n) is 1.36. The van der Waals surface area contributed by atoms with E-state index in [2.05, 4.69) is 5.32 Å². The Hall–Kier alpha value is -1.29. The summed E-state index contributed by atoms with van der Waals surface area (Å²) < 4.78 is 23.1. The second kappa shape index (κ2) is 4.49. The van der Waals surface area contributed by atoms with E-state index >= 15 is 0 Å². The van der Waals surface area contributed by atoms with Crippen molar-refractivity contribution < 1.29 is 8.42 Å². The van der Waals surface area contributed by atoms with E-state index in [1.54, 1.807) is 31.2 Å². The van der Waals surface area contributed by atoms with Gasteiger partial charge in [0.1, 0.15) is 0 Å². The van der Waals surface area contributed by atoms with Gasteiger partial charge in [0, 0.05) is 5.70 Å². The first-order chi connectivity index (χ1) is 7.09. The maximum Gasteiger partial charge on any atom is 0.203 e. The first-order valence-electron chi connectivity index (χ1n) is 4.89. The first-order valence-corrected chi connectivity index (χ1v) is 6.44. The predicted octanol–water partition coefficient (Wildman–Crippen LogP) is 2.77. The molecule has 1 aromatic carbocycles. The molecule has 0 fully saturated rings. The number of anilines is 1. The molecule has 3 nitrogen and oxygen atoms in total. The van der Waals surface area contributed by atoms with E-state index in [1.807, 2.05) is 13.8 Å². The average molecular weight is 225 g/mol. The Kier molecular flexibility index (Phi) is 3.52. The summed E-state index contributed by atoms with van der Waals surface area (Å²) in [5.74, 6) is 0. The molecule has 1 N–H and O–H groups in total. The van der Waals surface area contributed by atoms with E-state index in [1.165, 1.54) is 5.41 Å². The number of hydrogen-bond acceptors (Lipinski definition) is 3. The Morgan fingerprint density at radius 1 is 1.13 bits per heavy atom. The minimum atomic E-state index is -3.22. The van der Waals surface area contributed by atoms with Crippen LogP contribution in [0.3, 0.4) is 0 Å². The number of sulfone groups is 1. The second-order valence-corrected chi connectivity index (χ2v) is 4.73. The Balaban J connectivity index is 0.000000531. The van der Waals surface area contributed by atoms with Gasteiger partial charge >= 0.3 is 0 Å². The van der Waals surface area contributed by atoms with Crippen molar-refractivity contribution >= 4 is 15.5 Å². The first kappa shape index (κ1) is 11.8. The molecule has 0 saturated heterocycles. The molecule has 0 atom stereocenters. The highest BCUT2D eigenvalue weighted by Gasteiger charge is 2.20. The summed E-state index contributed by atoms with van der Waals surface area (Å²) >= 11 is 0. The van der Waals surface area contributed by atoms with E-state index in [0.717, 1.165) is 0 Å². The van der Waals surface area contributed by atoms with Crippen LogP contribution < -0.4 is 5.32 Å². The quantitative estimate of drug-likeness (QED) is 0.738. The van der Waals surface area contributed by atoms with Crippen molar-refractivity contribution in [2.75, 3.05) is 5.32 Å².